The second-order valence-electron chi connectivity index (χ2n) is 6.07. The monoisotopic (exact) mass is 320 g/mol. The molecule has 0 radical (unpaired) electrons. The van der Waals surface area contributed by atoms with Gasteiger partial charge in [-0.2, -0.15) is 0 Å². The van der Waals surface area contributed by atoms with Crippen LogP contribution < -0.4 is 15.4 Å². The van der Waals surface area contributed by atoms with Crippen LogP contribution in [0.4, 0.5) is 0 Å². The summed E-state index contributed by atoms with van der Waals surface area (Å²) in [6.07, 6.45) is 4.68. The molecular weight excluding hydrogens is 296 g/mol. The summed E-state index contributed by atoms with van der Waals surface area (Å²) in [7, 11) is 0. The first kappa shape index (κ1) is 15.7. The van der Waals surface area contributed by atoms with Crippen molar-refractivity contribution in [1.29, 1.82) is 0 Å². The van der Waals surface area contributed by atoms with E-state index >= 15 is 0 Å². The summed E-state index contributed by atoms with van der Waals surface area (Å²) in [6.45, 7) is 2.65. The normalized spacial score (nSPS) is 26.7. The summed E-state index contributed by atoms with van der Waals surface area (Å²) < 4.78 is 5.42. The number of carbonyl (C=O) groups excluding carboxylic acids is 1. The van der Waals surface area contributed by atoms with E-state index in [-0.39, 0.29) is 5.91 Å². The van der Waals surface area contributed by atoms with Crippen LogP contribution in [0.15, 0.2) is 29.2 Å². The van der Waals surface area contributed by atoms with Gasteiger partial charge in [-0.25, -0.2) is 0 Å². The lowest BCUT2D eigenvalue weighted by Crippen LogP contribution is -2.48. The van der Waals surface area contributed by atoms with Gasteiger partial charge in [-0.1, -0.05) is 0 Å². The van der Waals surface area contributed by atoms with Crippen molar-refractivity contribution >= 4 is 17.7 Å². The number of hydrogen-bond donors (Lipinski definition) is 2. The predicted octanol–water partition coefficient (Wildman–Crippen LogP) is 2.58. The zero-order chi connectivity index (χ0) is 15.4. The van der Waals surface area contributed by atoms with Crippen molar-refractivity contribution in [2.45, 2.75) is 55.6 Å². The van der Waals surface area contributed by atoms with Gasteiger partial charge in [0, 0.05) is 23.0 Å². The van der Waals surface area contributed by atoms with Crippen LogP contribution >= 0.6 is 11.8 Å². The Labute approximate surface area is 136 Å². The molecule has 1 amide bonds. The Bertz CT molecular complexity index is 494. The largest absolute Gasteiger partial charge is 0.494 e. The molecule has 0 spiro atoms. The quantitative estimate of drug-likeness (QED) is 0.791. The molecule has 5 heteroatoms. The Morgan fingerprint density at radius 1 is 1.27 bits per heavy atom. The number of fused-ring (bicyclic) bond motifs is 2. The Morgan fingerprint density at radius 2 is 1.95 bits per heavy atom. The van der Waals surface area contributed by atoms with Gasteiger partial charge in [-0.05, 0) is 56.9 Å². The lowest BCUT2D eigenvalue weighted by atomic mass is 10.00. The van der Waals surface area contributed by atoms with E-state index in [0.29, 0.717) is 30.5 Å². The molecule has 0 aromatic heterocycles. The third kappa shape index (κ3) is 4.17. The summed E-state index contributed by atoms with van der Waals surface area (Å²) in [5.41, 5.74) is 0. The molecule has 2 fully saturated rings. The van der Waals surface area contributed by atoms with E-state index in [1.54, 1.807) is 11.8 Å². The van der Waals surface area contributed by atoms with Gasteiger partial charge in [-0.15, -0.1) is 11.8 Å². The number of nitrogens with one attached hydrogen (secondary N) is 2. The fraction of sp³-hybridized carbons (Fsp3) is 0.588. The maximum atomic E-state index is 12.1. The number of ether oxygens (including phenoxy) is 1. The van der Waals surface area contributed by atoms with E-state index < -0.39 is 0 Å². The minimum atomic E-state index is 0.144. The van der Waals surface area contributed by atoms with Gasteiger partial charge < -0.3 is 15.4 Å². The predicted molar refractivity (Wildman–Crippen MR) is 89.4 cm³/mol. The van der Waals surface area contributed by atoms with E-state index in [1.807, 2.05) is 31.2 Å². The van der Waals surface area contributed by atoms with Crippen LogP contribution in [0, 0.1) is 0 Å². The molecule has 120 valence electrons. The van der Waals surface area contributed by atoms with Gasteiger partial charge in [0.15, 0.2) is 0 Å². The van der Waals surface area contributed by atoms with Gasteiger partial charge in [0.2, 0.25) is 5.91 Å². The summed E-state index contributed by atoms with van der Waals surface area (Å²) in [5.74, 6) is 1.50. The van der Waals surface area contributed by atoms with Crippen LogP contribution in [-0.4, -0.2) is 36.4 Å². The second kappa shape index (κ2) is 7.38. The highest BCUT2D eigenvalue weighted by Gasteiger charge is 2.33. The minimum Gasteiger partial charge on any atom is -0.494 e. The number of hydrogen-bond acceptors (Lipinski definition) is 4. The van der Waals surface area contributed by atoms with Crippen LogP contribution in [0.1, 0.15) is 32.6 Å². The van der Waals surface area contributed by atoms with E-state index in [1.165, 1.54) is 12.8 Å². The van der Waals surface area contributed by atoms with Crippen molar-refractivity contribution in [1.82, 2.24) is 10.6 Å². The zero-order valence-electron chi connectivity index (χ0n) is 13.0. The molecule has 2 unspecified atom stereocenters. The molecule has 2 bridgehead atoms. The second-order valence-corrected chi connectivity index (χ2v) is 7.12. The van der Waals surface area contributed by atoms with Crippen LogP contribution in [0.3, 0.4) is 0 Å². The molecular formula is C17H24N2O2S. The van der Waals surface area contributed by atoms with Crippen molar-refractivity contribution in [2.24, 2.45) is 0 Å². The summed E-state index contributed by atoms with van der Waals surface area (Å²) in [5, 5.41) is 6.80. The standard InChI is InChI=1S/C17H24N2O2S/c1-2-21-15-5-7-16(8-6-15)22-11-17(20)19-14-9-12-3-4-13(10-14)18-12/h5-8,12-14,18H,2-4,9-11H2,1H3,(H,19,20). The third-order valence-electron chi connectivity index (χ3n) is 4.34. The van der Waals surface area contributed by atoms with Crippen LogP contribution in [0.2, 0.25) is 0 Å². The maximum Gasteiger partial charge on any atom is 0.230 e. The van der Waals surface area contributed by atoms with E-state index in [9.17, 15) is 4.79 Å². The number of piperidine rings is 1. The Balaban J connectivity index is 1.42. The van der Waals surface area contributed by atoms with E-state index in [0.717, 1.165) is 23.5 Å². The maximum absolute atomic E-state index is 12.1. The molecule has 1 aromatic rings. The molecule has 4 nitrogen and oxygen atoms in total. The number of rotatable bonds is 6. The van der Waals surface area contributed by atoms with E-state index in [4.69, 9.17) is 4.74 Å². The first-order chi connectivity index (χ1) is 10.7. The molecule has 2 atom stereocenters. The summed E-state index contributed by atoms with van der Waals surface area (Å²) in [6, 6.07) is 9.50. The molecule has 0 aliphatic carbocycles. The Morgan fingerprint density at radius 3 is 2.59 bits per heavy atom. The van der Waals surface area contributed by atoms with Gasteiger partial charge in [0.05, 0.1) is 12.4 Å². The van der Waals surface area contributed by atoms with Gasteiger partial charge >= 0.3 is 0 Å². The van der Waals surface area contributed by atoms with Crippen molar-refractivity contribution < 1.29 is 9.53 Å². The number of thioether (sulfide) groups is 1. The smallest absolute Gasteiger partial charge is 0.230 e. The van der Waals surface area contributed by atoms with Gasteiger partial charge in [0.1, 0.15) is 5.75 Å². The SMILES string of the molecule is CCOc1ccc(SCC(=O)NC2CC3CCC(C2)N3)cc1. The fourth-order valence-electron chi connectivity index (χ4n) is 3.39. The third-order valence-corrected chi connectivity index (χ3v) is 5.35. The van der Waals surface area contributed by atoms with E-state index in [2.05, 4.69) is 10.6 Å². The molecule has 2 heterocycles. The van der Waals surface area contributed by atoms with Gasteiger partial charge in [0.25, 0.3) is 0 Å². The lowest BCUT2D eigenvalue weighted by molar-refractivity contribution is -0.119. The first-order valence-corrected chi connectivity index (χ1v) is 9.12. The number of amides is 1. The van der Waals surface area contributed by atoms with Crippen molar-refractivity contribution in [3.8, 4) is 5.75 Å². The molecule has 2 saturated heterocycles. The highest BCUT2D eigenvalue weighted by atomic mass is 32.2. The molecule has 2 aliphatic heterocycles. The number of carbonyl (C=O) groups is 1. The Kier molecular flexibility index (Phi) is 5.26. The van der Waals surface area contributed by atoms with Crippen molar-refractivity contribution in [2.75, 3.05) is 12.4 Å². The molecule has 0 saturated carbocycles. The number of benzene rings is 1. The topological polar surface area (TPSA) is 50.4 Å². The molecule has 1 aromatic carbocycles. The Hall–Kier alpha value is -1.20. The average Bonchev–Trinajstić information content (AvgIpc) is 2.86. The zero-order valence-corrected chi connectivity index (χ0v) is 13.8. The molecule has 2 N–H and O–H groups in total. The highest BCUT2D eigenvalue weighted by Crippen LogP contribution is 2.27. The average molecular weight is 320 g/mol. The van der Waals surface area contributed by atoms with Crippen LogP contribution in [-0.2, 0) is 4.79 Å². The summed E-state index contributed by atoms with van der Waals surface area (Å²) >= 11 is 1.58. The molecule has 3 rings (SSSR count). The van der Waals surface area contributed by atoms with Crippen molar-refractivity contribution in [3.63, 3.8) is 0 Å². The van der Waals surface area contributed by atoms with Crippen molar-refractivity contribution in [3.05, 3.63) is 24.3 Å². The van der Waals surface area contributed by atoms with Crippen LogP contribution in [0.5, 0.6) is 5.75 Å². The fourth-order valence-corrected chi connectivity index (χ4v) is 4.10. The lowest BCUT2D eigenvalue weighted by Gasteiger charge is -2.29. The summed E-state index contributed by atoms with van der Waals surface area (Å²) in [4.78, 5) is 13.2. The van der Waals surface area contributed by atoms with Gasteiger partial charge in [-0.3, -0.25) is 4.79 Å². The first-order valence-electron chi connectivity index (χ1n) is 8.14. The molecule has 22 heavy (non-hydrogen) atoms. The molecule has 2 aliphatic rings. The van der Waals surface area contributed by atoms with Crippen LogP contribution in [0.25, 0.3) is 0 Å². The highest BCUT2D eigenvalue weighted by molar-refractivity contribution is 8.00. The minimum absolute atomic E-state index is 0.144.